The van der Waals surface area contributed by atoms with Crippen LogP contribution in [0.4, 0.5) is 4.79 Å². The molecule has 6 nitrogen and oxygen atoms in total. The van der Waals surface area contributed by atoms with Crippen molar-refractivity contribution < 1.29 is 19.1 Å². The van der Waals surface area contributed by atoms with Crippen molar-refractivity contribution in [3.63, 3.8) is 0 Å². The molecule has 1 amide bonds. The van der Waals surface area contributed by atoms with Crippen molar-refractivity contribution in [2.45, 2.75) is 32.6 Å². The van der Waals surface area contributed by atoms with Crippen LogP contribution < -0.4 is 5.32 Å². The largest absolute Gasteiger partial charge is 0.445 e. The van der Waals surface area contributed by atoms with Gasteiger partial charge in [0.25, 0.3) is 0 Å². The third kappa shape index (κ3) is 5.40. The molecule has 2 atom stereocenters. The van der Waals surface area contributed by atoms with Gasteiger partial charge in [0.05, 0.1) is 6.04 Å². The number of alkyl carbamates (subject to hydrolysis) is 1. The average Bonchev–Trinajstić information content (AvgIpc) is 2.43. The molecule has 0 fully saturated rings. The maximum atomic E-state index is 11.5. The molecule has 1 aromatic rings. The number of nitrogens with zero attached hydrogens (tertiary/aromatic N) is 1. The van der Waals surface area contributed by atoms with E-state index in [4.69, 9.17) is 14.7 Å². The molecule has 1 rings (SSSR count). The number of hydrogen-bond acceptors (Lipinski definition) is 5. The van der Waals surface area contributed by atoms with Crippen LogP contribution >= 0.6 is 0 Å². The van der Waals surface area contributed by atoms with Crippen LogP contribution in [0.3, 0.4) is 0 Å². The minimum atomic E-state index is -1.04. The first-order valence-corrected chi connectivity index (χ1v) is 6.07. The Hall–Kier alpha value is -2.55. The van der Waals surface area contributed by atoms with Crippen molar-refractivity contribution in [3.8, 4) is 6.07 Å². The van der Waals surface area contributed by atoms with E-state index in [1.165, 1.54) is 6.92 Å². The van der Waals surface area contributed by atoms with Crippen LogP contribution in [0.15, 0.2) is 30.3 Å². The highest BCUT2D eigenvalue weighted by atomic mass is 16.6. The molecule has 0 bridgehead atoms. The topological polar surface area (TPSA) is 88.4 Å². The van der Waals surface area contributed by atoms with E-state index >= 15 is 0 Å². The Balaban J connectivity index is 2.41. The number of rotatable bonds is 5. The van der Waals surface area contributed by atoms with Gasteiger partial charge in [-0.2, -0.15) is 5.26 Å². The Kier molecular flexibility index (Phi) is 6.04. The van der Waals surface area contributed by atoms with Gasteiger partial charge in [-0.3, -0.25) is 4.79 Å². The average molecular weight is 276 g/mol. The van der Waals surface area contributed by atoms with Crippen LogP contribution in [0.2, 0.25) is 0 Å². The summed E-state index contributed by atoms with van der Waals surface area (Å²) in [7, 11) is 0. The molecule has 1 aromatic carbocycles. The highest BCUT2D eigenvalue weighted by Gasteiger charge is 2.22. The Morgan fingerprint density at radius 2 is 2.00 bits per heavy atom. The number of nitrogens with one attached hydrogen (secondary N) is 1. The minimum absolute atomic E-state index is 0.129. The third-order valence-corrected chi connectivity index (χ3v) is 2.43. The van der Waals surface area contributed by atoms with Crippen molar-refractivity contribution in [3.05, 3.63) is 35.9 Å². The lowest BCUT2D eigenvalue weighted by atomic mass is 10.2. The lowest BCUT2D eigenvalue weighted by molar-refractivity contribution is -0.144. The van der Waals surface area contributed by atoms with E-state index in [1.54, 1.807) is 13.0 Å². The van der Waals surface area contributed by atoms with E-state index in [1.807, 2.05) is 30.3 Å². The van der Waals surface area contributed by atoms with Crippen molar-refractivity contribution in [2.75, 3.05) is 0 Å². The van der Waals surface area contributed by atoms with Crippen molar-refractivity contribution in [2.24, 2.45) is 0 Å². The summed E-state index contributed by atoms with van der Waals surface area (Å²) >= 11 is 0. The Labute approximate surface area is 117 Å². The molecular weight excluding hydrogens is 260 g/mol. The van der Waals surface area contributed by atoms with Gasteiger partial charge in [0, 0.05) is 6.92 Å². The molecule has 20 heavy (non-hydrogen) atoms. The van der Waals surface area contributed by atoms with Crippen molar-refractivity contribution in [1.29, 1.82) is 5.26 Å². The summed E-state index contributed by atoms with van der Waals surface area (Å²) in [5.74, 6) is -0.581. The molecule has 0 spiro atoms. The van der Waals surface area contributed by atoms with Gasteiger partial charge >= 0.3 is 12.1 Å². The Morgan fingerprint density at radius 1 is 1.35 bits per heavy atom. The maximum Gasteiger partial charge on any atom is 0.407 e. The molecule has 0 saturated heterocycles. The molecule has 106 valence electrons. The molecule has 0 heterocycles. The summed E-state index contributed by atoms with van der Waals surface area (Å²) in [6.45, 7) is 2.88. The van der Waals surface area contributed by atoms with Gasteiger partial charge in [0.15, 0.2) is 0 Å². The number of carbonyl (C=O) groups excluding carboxylic acids is 2. The van der Waals surface area contributed by atoms with Gasteiger partial charge in [0.2, 0.25) is 6.10 Å². The lowest BCUT2D eigenvalue weighted by Crippen LogP contribution is -2.42. The minimum Gasteiger partial charge on any atom is -0.445 e. The second-order valence-electron chi connectivity index (χ2n) is 4.15. The molecule has 0 radical (unpaired) electrons. The maximum absolute atomic E-state index is 11.5. The lowest BCUT2D eigenvalue weighted by Gasteiger charge is -2.18. The van der Waals surface area contributed by atoms with Crippen LogP contribution in [-0.2, 0) is 20.9 Å². The van der Waals surface area contributed by atoms with Crippen LogP contribution in [0.1, 0.15) is 19.4 Å². The fourth-order valence-corrected chi connectivity index (χ4v) is 1.45. The van der Waals surface area contributed by atoms with E-state index in [9.17, 15) is 9.59 Å². The molecular formula is C14H16N2O4. The number of esters is 1. The first-order chi connectivity index (χ1) is 9.52. The summed E-state index contributed by atoms with van der Waals surface area (Å²) in [4.78, 5) is 22.3. The first kappa shape index (κ1) is 15.5. The fourth-order valence-electron chi connectivity index (χ4n) is 1.45. The SMILES string of the molecule is CC(=O)OC(C#N)C(C)NC(=O)OCc1ccccc1. The first-order valence-electron chi connectivity index (χ1n) is 6.07. The van der Waals surface area contributed by atoms with Crippen molar-refractivity contribution >= 4 is 12.1 Å². The second kappa shape index (κ2) is 7.79. The predicted octanol–water partition coefficient (Wildman–Crippen LogP) is 1.76. The second-order valence-corrected chi connectivity index (χ2v) is 4.15. The van der Waals surface area contributed by atoms with Gasteiger partial charge in [-0.1, -0.05) is 30.3 Å². The summed E-state index contributed by atoms with van der Waals surface area (Å²) < 4.78 is 9.75. The van der Waals surface area contributed by atoms with Gasteiger partial charge in [-0.05, 0) is 12.5 Å². The molecule has 0 saturated carbocycles. The zero-order valence-electron chi connectivity index (χ0n) is 11.3. The zero-order chi connectivity index (χ0) is 15.0. The zero-order valence-corrected chi connectivity index (χ0v) is 11.3. The molecule has 0 aromatic heterocycles. The van der Waals surface area contributed by atoms with Crippen LogP contribution in [0.5, 0.6) is 0 Å². The molecule has 0 aliphatic rings. The number of amides is 1. The molecule has 2 unspecified atom stereocenters. The highest BCUT2D eigenvalue weighted by Crippen LogP contribution is 2.02. The van der Waals surface area contributed by atoms with E-state index in [0.717, 1.165) is 5.56 Å². The summed E-state index contributed by atoms with van der Waals surface area (Å²) in [5, 5.41) is 11.3. The van der Waals surface area contributed by atoms with E-state index in [0.29, 0.717) is 0 Å². The normalized spacial score (nSPS) is 12.7. The van der Waals surface area contributed by atoms with Crippen LogP contribution in [0.25, 0.3) is 0 Å². The number of carbonyl (C=O) groups is 2. The standard InChI is InChI=1S/C14H16N2O4/c1-10(13(8-15)20-11(2)17)16-14(18)19-9-12-6-4-3-5-7-12/h3-7,10,13H,9H2,1-2H3,(H,16,18). The summed E-state index contributed by atoms with van der Waals surface area (Å²) in [5.41, 5.74) is 0.854. The summed E-state index contributed by atoms with van der Waals surface area (Å²) in [6, 6.07) is 10.3. The fraction of sp³-hybridized carbons (Fsp3) is 0.357. The number of nitriles is 1. The highest BCUT2D eigenvalue weighted by molar-refractivity contribution is 5.68. The van der Waals surface area contributed by atoms with Gasteiger partial charge in [-0.25, -0.2) is 4.79 Å². The number of benzene rings is 1. The summed E-state index contributed by atoms with van der Waals surface area (Å²) in [6.07, 6.45) is -1.72. The van der Waals surface area contributed by atoms with E-state index in [2.05, 4.69) is 5.32 Å². The van der Waals surface area contributed by atoms with E-state index < -0.39 is 24.2 Å². The number of hydrogen-bond donors (Lipinski definition) is 1. The number of ether oxygens (including phenoxy) is 2. The Morgan fingerprint density at radius 3 is 2.55 bits per heavy atom. The van der Waals surface area contributed by atoms with Crippen LogP contribution in [-0.4, -0.2) is 24.2 Å². The Bertz CT molecular complexity index is 496. The van der Waals surface area contributed by atoms with E-state index in [-0.39, 0.29) is 6.61 Å². The predicted molar refractivity (Wildman–Crippen MR) is 70.4 cm³/mol. The van der Waals surface area contributed by atoms with Crippen LogP contribution in [0, 0.1) is 11.3 Å². The van der Waals surface area contributed by atoms with Crippen molar-refractivity contribution in [1.82, 2.24) is 5.32 Å². The van der Waals surface area contributed by atoms with Gasteiger partial charge in [-0.15, -0.1) is 0 Å². The molecule has 0 aliphatic heterocycles. The monoisotopic (exact) mass is 276 g/mol. The quantitative estimate of drug-likeness (QED) is 0.828. The smallest absolute Gasteiger partial charge is 0.407 e. The molecule has 6 heteroatoms. The van der Waals surface area contributed by atoms with Gasteiger partial charge < -0.3 is 14.8 Å². The van der Waals surface area contributed by atoms with Gasteiger partial charge in [0.1, 0.15) is 12.7 Å². The molecule has 0 aliphatic carbocycles. The third-order valence-electron chi connectivity index (χ3n) is 2.43. The molecule has 1 N–H and O–H groups in total.